The molecule has 0 aliphatic heterocycles. The van der Waals surface area contributed by atoms with Gasteiger partial charge in [-0.1, -0.05) is 23.9 Å². The first-order valence-corrected chi connectivity index (χ1v) is 8.13. The number of anilines is 1. The SMILES string of the molecule is Cc1ccc(NC(=O)CSc2ncc3ccccn23)c([N+](=O)[O-])c1. The van der Waals surface area contributed by atoms with E-state index < -0.39 is 4.92 Å². The summed E-state index contributed by atoms with van der Waals surface area (Å²) in [6.45, 7) is 1.76. The molecule has 3 aromatic rings. The van der Waals surface area contributed by atoms with Crippen molar-refractivity contribution in [1.29, 1.82) is 0 Å². The van der Waals surface area contributed by atoms with Gasteiger partial charge in [-0.3, -0.25) is 19.3 Å². The molecule has 2 aromatic heterocycles. The number of nitro benzene ring substituents is 1. The molecule has 2 heterocycles. The van der Waals surface area contributed by atoms with Gasteiger partial charge < -0.3 is 5.32 Å². The van der Waals surface area contributed by atoms with Crippen molar-refractivity contribution in [1.82, 2.24) is 9.38 Å². The highest BCUT2D eigenvalue weighted by atomic mass is 32.2. The third-order valence-electron chi connectivity index (χ3n) is 3.36. The summed E-state index contributed by atoms with van der Waals surface area (Å²) in [7, 11) is 0. The second-order valence-corrected chi connectivity index (χ2v) is 6.09. The lowest BCUT2D eigenvalue weighted by molar-refractivity contribution is -0.384. The highest BCUT2D eigenvalue weighted by Gasteiger charge is 2.16. The van der Waals surface area contributed by atoms with Crippen LogP contribution < -0.4 is 5.32 Å². The zero-order valence-corrected chi connectivity index (χ0v) is 13.6. The zero-order valence-electron chi connectivity index (χ0n) is 12.8. The van der Waals surface area contributed by atoms with Crippen LogP contribution in [0.25, 0.3) is 5.52 Å². The van der Waals surface area contributed by atoms with Crippen LogP contribution in [0, 0.1) is 17.0 Å². The first-order chi connectivity index (χ1) is 11.5. The zero-order chi connectivity index (χ0) is 17.1. The number of aryl methyl sites for hydroxylation is 1. The number of aromatic nitrogens is 2. The van der Waals surface area contributed by atoms with E-state index in [0.717, 1.165) is 11.1 Å². The summed E-state index contributed by atoms with van der Waals surface area (Å²) in [4.78, 5) is 27.0. The predicted octanol–water partition coefficient (Wildman–Crippen LogP) is 3.28. The average molecular weight is 342 g/mol. The Morgan fingerprint density at radius 1 is 1.38 bits per heavy atom. The molecule has 0 bridgehead atoms. The van der Waals surface area contributed by atoms with E-state index in [1.807, 2.05) is 28.8 Å². The van der Waals surface area contributed by atoms with Gasteiger partial charge >= 0.3 is 0 Å². The van der Waals surface area contributed by atoms with Crippen molar-refractivity contribution in [3.63, 3.8) is 0 Å². The van der Waals surface area contributed by atoms with E-state index in [2.05, 4.69) is 10.3 Å². The molecular formula is C16H14N4O3S. The average Bonchev–Trinajstić information content (AvgIpc) is 2.97. The summed E-state index contributed by atoms with van der Waals surface area (Å²) < 4.78 is 1.88. The standard InChI is InChI=1S/C16H14N4O3S/c1-11-5-6-13(14(8-11)20(22)23)18-15(21)10-24-16-17-9-12-4-2-3-7-19(12)16/h2-9H,10H2,1H3,(H,18,21). The molecular weight excluding hydrogens is 328 g/mol. The lowest BCUT2D eigenvalue weighted by atomic mass is 10.2. The summed E-state index contributed by atoms with van der Waals surface area (Å²) in [5.74, 6) is -0.210. The summed E-state index contributed by atoms with van der Waals surface area (Å²) in [5, 5.41) is 14.4. The molecule has 1 amide bonds. The van der Waals surface area contributed by atoms with Crippen molar-refractivity contribution in [3.8, 4) is 0 Å². The van der Waals surface area contributed by atoms with Crippen molar-refractivity contribution in [2.75, 3.05) is 11.1 Å². The quantitative estimate of drug-likeness (QED) is 0.436. The number of carbonyl (C=O) groups excluding carboxylic acids is 1. The molecule has 1 aromatic carbocycles. The van der Waals surface area contributed by atoms with Crippen molar-refractivity contribution in [2.45, 2.75) is 12.1 Å². The number of nitro groups is 1. The molecule has 1 N–H and O–H groups in total. The minimum Gasteiger partial charge on any atom is -0.320 e. The fraction of sp³-hybridized carbons (Fsp3) is 0.125. The number of pyridine rings is 1. The van der Waals surface area contributed by atoms with Crippen LogP contribution in [0.5, 0.6) is 0 Å². The van der Waals surface area contributed by atoms with Gasteiger partial charge in [0.25, 0.3) is 5.69 Å². The van der Waals surface area contributed by atoms with Crippen LogP contribution in [0.15, 0.2) is 53.9 Å². The maximum Gasteiger partial charge on any atom is 0.293 e. The van der Waals surface area contributed by atoms with Crippen molar-refractivity contribution >= 4 is 34.6 Å². The molecule has 0 saturated carbocycles. The van der Waals surface area contributed by atoms with E-state index in [0.29, 0.717) is 5.16 Å². The summed E-state index contributed by atoms with van der Waals surface area (Å²) in [6, 6.07) is 10.4. The Balaban J connectivity index is 1.69. The molecule has 122 valence electrons. The van der Waals surface area contributed by atoms with Gasteiger partial charge in [0.1, 0.15) is 5.69 Å². The fourth-order valence-electron chi connectivity index (χ4n) is 2.24. The number of rotatable bonds is 5. The molecule has 0 saturated heterocycles. The number of amides is 1. The number of thioether (sulfide) groups is 1. The van der Waals surface area contributed by atoms with E-state index in [1.165, 1.54) is 17.8 Å². The number of nitrogens with one attached hydrogen (secondary N) is 1. The smallest absolute Gasteiger partial charge is 0.293 e. The van der Waals surface area contributed by atoms with Gasteiger partial charge in [0.05, 0.1) is 22.4 Å². The Kier molecular flexibility index (Phi) is 4.48. The maximum atomic E-state index is 12.1. The Hall–Kier alpha value is -2.87. The van der Waals surface area contributed by atoms with Crippen LogP contribution in [-0.4, -0.2) is 26.0 Å². The van der Waals surface area contributed by atoms with Gasteiger partial charge in [-0.05, 0) is 30.7 Å². The van der Waals surface area contributed by atoms with Crippen LogP contribution >= 0.6 is 11.8 Å². The minimum absolute atomic E-state index is 0.110. The molecule has 24 heavy (non-hydrogen) atoms. The van der Waals surface area contributed by atoms with Crippen LogP contribution in [-0.2, 0) is 4.79 Å². The lowest BCUT2D eigenvalue weighted by Gasteiger charge is -2.06. The van der Waals surface area contributed by atoms with Crippen LogP contribution in [0.4, 0.5) is 11.4 Å². The first kappa shape index (κ1) is 16.0. The highest BCUT2D eigenvalue weighted by molar-refractivity contribution is 7.99. The van der Waals surface area contributed by atoms with E-state index in [-0.39, 0.29) is 23.0 Å². The normalized spacial score (nSPS) is 10.7. The second kappa shape index (κ2) is 6.71. The van der Waals surface area contributed by atoms with Crippen LogP contribution in [0.3, 0.4) is 0 Å². The monoisotopic (exact) mass is 342 g/mol. The Bertz CT molecular complexity index is 923. The predicted molar refractivity (Wildman–Crippen MR) is 92.4 cm³/mol. The maximum absolute atomic E-state index is 12.1. The molecule has 3 rings (SSSR count). The van der Waals surface area contributed by atoms with Gasteiger partial charge in [-0.15, -0.1) is 0 Å². The van der Waals surface area contributed by atoms with Gasteiger partial charge in [0.15, 0.2) is 5.16 Å². The molecule has 0 unspecified atom stereocenters. The van der Waals surface area contributed by atoms with Crippen LogP contribution in [0.1, 0.15) is 5.56 Å². The summed E-state index contributed by atoms with van der Waals surface area (Å²) in [6.07, 6.45) is 3.60. The molecule has 0 spiro atoms. The largest absolute Gasteiger partial charge is 0.320 e. The Morgan fingerprint density at radius 2 is 2.21 bits per heavy atom. The number of carbonyl (C=O) groups is 1. The number of imidazole rings is 1. The topological polar surface area (TPSA) is 89.5 Å². The molecule has 0 radical (unpaired) electrons. The summed E-state index contributed by atoms with van der Waals surface area (Å²) >= 11 is 1.27. The molecule has 0 fully saturated rings. The molecule has 7 nitrogen and oxygen atoms in total. The lowest BCUT2D eigenvalue weighted by Crippen LogP contribution is -2.15. The highest BCUT2D eigenvalue weighted by Crippen LogP contribution is 2.26. The van der Waals surface area contributed by atoms with Gasteiger partial charge in [-0.25, -0.2) is 4.98 Å². The molecule has 0 atom stereocenters. The minimum atomic E-state index is -0.502. The van der Waals surface area contributed by atoms with Gasteiger partial charge in [0, 0.05) is 12.3 Å². The van der Waals surface area contributed by atoms with Gasteiger partial charge in [-0.2, -0.15) is 0 Å². The van der Waals surface area contributed by atoms with E-state index in [1.54, 1.807) is 25.3 Å². The number of nitrogens with zero attached hydrogens (tertiary/aromatic N) is 3. The van der Waals surface area contributed by atoms with E-state index >= 15 is 0 Å². The van der Waals surface area contributed by atoms with Crippen molar-refractivity contribution in [3.05, 3.63) is 64.5 Å². The van der Waals surface area contributed by atoms with Crippen molar-refractivity contribution < 1.29 is 9.72 Å². The molecule has 8 heteroatoms. The number of fused-ring (bicyclic) bond motifs is 1. The first-order valence-electron chi connectivity index (χ1n) is 7.14. The van der Waals surface area contributed by atoms with Gasteiger partial charge in [0.2, 0.25) is 5.91 Å². The number of hydrogen-bond donors (Lipinski definition) is 1. The van der Waals surface area contributed by atoms with Crippen molar-refractivity contribution in [2.24, 2.45) is 0 Å². The summed E-state index contributed by atoms with van der Waals surface area (Å²) in [5.41, 5.74) is 1.79. The van der Waals surface area contributed by atoms with E-state index in [9.17, 15) is 14.9 Å². The number of hydrogen-bond acceptors (Lipinski definition) is 5. The third kappa shape index (κ3) is 3.38. The Morgan fingerprint density at radius 3 is 3.00 bits per heavy atom. The van der Waals surface area contributed by atoms with E-state index in [4.69, 9.17) is 0 Å². The molecule has 0 aliphatic carbocycles. The van der Waals surface area contributed by atoms with Crippen LogP contribution in [0.2, 0.25) is 0 Å². The third-order valence-corrected chi connectivity index (χ3v) is 4.33. The number of benzene rings is 1. The molecule has 0 aliphatic rings. The Labute approximate surface area is 141 Å². The second-order valence-electron chi connectivity index (χ2n) is 5.15. The fourth-order valence-corrected chi connectivity index (χ4v) is 3.01.